The highest BCUT2D eigenvalue weighted by atomic mass is 32.2. The molecule has 0 fully saturated rings. The summed E-state index contributed by atoms with van der Waals surface area (Å²) in [6.07, 6.45) is 1.15. The Morgan fingerprint density at radius 1 is 1.35 bits per heavy atom. The van der Waals surface area contributed by atoms with Crippen molar-refractivity contribution in [2.45, 2.75) is 6.42 Å². The first-order valence-corrected chi connectivity index (χ1v) is 7.16. The van der Waals surface area contributed by atoms with Gasteiger partial charge in [0, 0.05) is 18.4 Å². The summed E-state index contributed by atoms with van der Waals surface area (Å²) >= 11 is 0. The molecule has 0 radical (unpaired) electrons. The third kappa shape index (κ3) is 5.35. The average molecular weight is 257 g/mol. The number of aromatic hydroxyl groups is 1. The van der Waals surface area contributed by atoms with E-state index in [1.54, 1.807) is 18.2 Å². The van der Waals surface area contributed by atoms with E-state index in [0.717, 1.165) is 6.26 Å². The number of phenolic OH excluding ortho intramolecular Hbond substituents is 1. The number of carbonyl (C=O) groups excluding carboxylic acids is 1. The smallest absolute Gasteiger partial charge is 0.224 e. The maximum Gasteiger partial charge on any atom is 0.224 e. The number of phenols is 1. The summed E-state index contributed by atoms with van der Waals surface area (Å²) in [6, 6.07) is 6.53. The first-order chi connectivity index (χ1) is 7.88. The van der Waals surface area contributed by atoms with E-state index in [2.05, 4.69) is 5.32 Å². The standard InChI is InChI=1S/C11H15NO4S/c1-17(15,16)7-6-12-11(14)8-9-4-2-3-5-10(9)13/h2-5,13H,6-8H2,1H3,(H,12,14). The second kappa shape index (κ2) is 5.67. The maximum absolute atomic E-state index is 11.4. The van der Waals surface area contributed by atoms with Gasteiger partial charge >= 0.3 is 0 Å². The SMILES string of the molecule is CS(=O)(=O)CCNC(=O)Cc1ccccc1O. The zero-order valence-corrected chi connectivity index (χ0v) is 10.3. The van der Waals surface area contributed by atoms with Crippen molar-refractivity contribution in [1.82, 2.24) is 5.32 Å². The van der Waals surface area contributed by atoms with Crippen LogP contribution in [-0.2, 0) is 21.1 Å². The second-order valence-corrected chi connectivity index (χ2v) is 6.05. The Labute approximate surface area is 100 Å². The van der Waals surface area contributed by atoms with Crippen molar-refractivity contribution in [2.24, 2.45) is 0 Å². The molecule has 0 atom stereocenters. The van der Waals surface area contributed by atoms with Gasteiger partial charge in [-0.15, -0.1) is 0 Å². The highest BCUT2D eigenvalue weighted by Crippen LogP contribution is 2.15. The largest absolute Gasteiger partial charge is 0.508 e. The Bertz CT molecular complexity index is 496. The van der Waals surface area contributed by atoms with Crippen LogP contribution in [0.15, 0.2) is 24.3 Å². The van der Waals surface area contributed by atoms with E-state index < -0.39 is 9.84 Å². The number of benzene rings is 1. The summed E-state index contributed by atoms with van der Waals surface area (Å²) < 4.78 is 21.7. The molecule has 0 bridgehead atoms. The van der Waals surface area contributed by atoms with Crippen LogP contribution in [0.4, 0.5) is 0 Å². The Morgan fingerprint density at radius 2 is 2.00 bits per heavy atom. The van der Waals surface area contributed by atoms with Crippen LogP contribution in [0.1, 0.15) is 5.56 Å². The molecule has 0 spiro atoms. The molecule has 0 heterocycles. The van der Waals surface area contributed by atoms with Crippen LogP contribution in [0.5, 0.6) is 5.75 Å². The number of hydrogen-bond donors (Lipinski definition) is 2. The number of para-hydroxylation sites is 1. The Kier molecular flexibility index (Phi) is 4.51. The van der Waals surface area contributed by atoms with E-state index in [-0.39, 0.29) is 30.4 Å². The molecule has 1 aromatic rings. The Balaban J connectivity index is 2.43. The molecule has 94 valence electrons. The van der Waals surface area contributed by atoms with Gasteiger partial charge in [-0.3, -0.25) is 4.79 Å². The molecule has 0 saturated carbocycles. The summed E-state index contributed by atoms with van der Waals surface area (Å²) in [5, 5.41) is 11.9. The van der Waals surface area contributed by atoms with Gasteiger partial charge in [0.05, 0.1) is 12.2 Å². The quantitative estimate of drug-likeness (QED) is 0.783. The zero-order valence-electron chi connectivity index (χ0n) is 9.51. The lowest BCUT2D eigenvalue weighted by Crippen LogP contribution is -2.30. The molecule has 0 unspecified atom stereocenters. The molecule has 0 aliphatic heterocycles. The molecule has 2 N–H and O–H groups in total. The van der Waals surface area contributed by atoms with E-state index in [9.17, 15) is 18.3 Å². The molecular weight excluding hydrogens is 242 g/mol. The predicted molar refractivity (Wildman–Crippen MR) is 64.5 cm³/mol. The minimum absolute atomic E-state index is 0.0381. The van der Waals surface area contributed by atoms with Gasteiger partial charge in [-0.25, -0.2) is 8.42 Å². The molecule has 1 aromatic carbocycles. The second-order valence-electron chi connectivity index (χ2n) is 3.79. The van der Waals surface area contributed by atoms with E-state index in [4.69, 9.17) is 0 Å². The number of nitrogens with one attached hydrogen (secondary N) is 1. The van der Waals surface area contributed by atoms with E-state index in [0.29, 0.717) is 5.56 Å². The monoisotopic (exact) mass is 257 g/mol. The van der Waals surface area contributed by atoms with Gasteiger partial charge in [-0.05, 0) is 6.07 Å². The number of carbonyl (C=O) groups is 1. The molecule has 6 heteroatoms. The fourth-order valence-corrected chi connectivity index (χ4v) is 1.74. The molecular formula is C11H15NO4S. The molecule has 5 nitrogen and oxygen atoms in total. The van der Waals surface area contributed by atoms with E-state index in [1.807, 2.05) is 0 Å². The number of rotatable bonds is 5. The lowest BCUT2D eigenvalue weighted by molar-refractivity contribution is -0.120. The fourth-order valence-electron chi connectivity index (χ4n) is 1.27. The van der Waals surface area contributed by atoms with Gasteiger partial charge in [-0.2, -0.15) is 0 Å². The van der Waals surface area contributed by atoms with Crippen molar-refractivity contribution in [1.29, 1.82) is 0 Å². The van der Waals surface area contributed by atoms with Gasteiger partial charge < -0.3 is 10.4 Å². The molecule has 0 saturated heterocycles. The average Bonchev–Trinajstić information content (AvgIpc) is 2.19. The van der Waals surface area contributed by atoms with Crippen LogP contribution in [-0.4, -0.2) is 38.0 Å². The van der Waals surface area contributed by atoms with Crippen molar-refractivity contribution >= 4 is 15.7 Å². The third-order valence-electron chi connectivity index (χ3n) is 2.14. The Hall–Kier alpha value is -1.56. The van der Waals surface area contributed by atoms with Crippen molar-refractivity contribution in [3.05, 3.63) is 29.8 Å². The third-order valence-corrected chi connectivity index (χ3v) is 3.08. The van der Waals surface area contributed by atoms with Gasteiger partial charge in [-0.1, -0.05) is 18.2 Å². The minimum Gasteiger partial charge on any atom is -0.508 e. The summed E-state index contributed by atoms with van der Waals surface area (Å²) in [5.41, 5.74) is 0.518. The highest BCUT2D eigenvalue weighted by Gasteiger charge is 2.08. The minimum atomic E-state index is -3.06. The highest BCUT2D eigenvalue weighted by molar-refractivity contribution is 7.90. The first-order valence-electron chi connectivity index (χ1n) is 5.10. The molecule has 0 aromatic heterocycles. The fraction of sp³-hybridized carbons (Fsp3) is 0.364. The van der Waals surface area contributed by atoms with E-state index >= 15 is 0 Å². The maximum atomic E-state index is 11.4. The normalized spacial score (nSPS) is 11.1. The summed E-state index contributed by atoms with van der Waals surface area (Å²) in [4.78, 5) is 11.4. The van der Waals surface area contributed by atoms with Gasteiger partial charge in [0.2, 0.25) is 5.91 Å². The number of sulfone groups is 1. The zero-order chi connectivity index (χ0) is 12.9. The van der Waals surface area contributed by atoms with Crippen molar-refractivity contribution in [2.75, 3.05) is 18.6 Å². The predicted octanol–water partition coefficient (Wildman–Crippen LogP) is 0.0955. The van der Waals surface area contributed by atoms with Crippen molar-refractivity contribution in [3.63, 3.8) is 0 Å². The molecule has 1 rings (SSSR count). The topological polar surface area (TPSA) is 83.5 Å². The van der Waals surface area contributed by atoms with Crippen LogP contribution in [0, 0.1) is 0 Å². The van der Waals surface area contributed by atoms with Crippen LogP contribution >= 0.6 is 0 Å². The van der Waals surface area contributed by atoms with Crippen LogP contribution in [0.25, 0.3) is 0 Å². The summed E-state index contributed by atoms with van der Waals surface area (Å²) in [7, 11) is -3.06. The van der Waals surface area contributed by atoms with Crippen molar-refractivity contribution < 1.29 is 18.3 Å². The van der Waals surface area contributed by atoms with Gasteiger partial charge in [0.25, 0.3) is 0 Å². The first kappa shape index (κ1) is 13.5. The number of amides is 1. The van der Waals surface area contributed by atoms with Crippen LogP contribution in [0.3, 0.4) is 0 Å². The summed E-state index contributed by atoms with van der Waals surface area (Å²) in [5.74, 6) is -0.333. The van der Waals surface area contributed by atoms with E-state index in [1.165, 1.54) is 6.07 Å². The lowest BCUT2D eigenvalue weighted by Gasteiger charge is -2.05. The summed E-state index contributed by atoms with van der Waals surface area (Å²) in [6.45, 7) is 0.0886. The molecule has 0 aliphatic rings. The molecule has 17 heavy (non-hydrogen) atoms. The van der Waals surface area contributed by atoms with Crippen molar-refractivity contribution in [3.8, 4) is 5.75 Å². The van der Waals surface area contributed by atoms with Gasteiger partial charge in [0.1, 0.15) is 15.6 Å². The number of hydrogen-bond acceptors (Lipinski definition) is 4. The Morgan fingerprint density at radius 3 is 2.59 bits per heavy atom. The van der Waals surface area contributed by atoms with Crippen LogP contribution in [0.2, 0.25) is 0 Å². The molecule has 0 aliphatic carbocycles. The molecule has 1 amide bonds. The van der Waals surface area contributed by atoms with Crippen LogP contribution < -0.4 is 5.32 Å². The lowest BCUT2D eigenvalue weighted by atomic mass is 10.1. The van der Waals surface area contributed by atoms with Gasteiger partial charge in [0.15, 0.2) is 0 Å².